The van der Waals surface area contributed by atoms with Gasteiger partial charge in [-0.15, -0.1) is 0 Å². The van der Waals surface area contributed by atoms with E-state index in [4.69, 9.17) is 4.74 Å². The summed E-state index contributed by atoms with van der Waals surface area (Å²) in [5, 5.41) is 2.52. The Balaban J connectivity index is 1.52. The molecule has 1 aliphatic carbocycles. The molecule has 0 aromatic heterocycles. The zero-order valence-electron chi connectivity index (χ0n) is 15.8. The van der Waals surface area contributed by atoms with Gasteiger partial charge in [-0.3, -0.25) is 14.4 Å². The Morgan fingerprint density at radius 3 is 2.29 bits per heavy atom. The van der Waals surface area contributed by atoms with E-state index in [-0.39, 0.29) is 44.0 Å². The third kappa shape index (κ3) is 3.89. The van der Waals surface area contributed by atoms with Crippen LogP contribution >= 0.6 is 15.9 Å². The molecular weight excluding hydrogens is 469 g/mol. The van der Waals surface area contributed by atoms with E-state index in [0.29, 0.717) is 5.56 Å². The smallest absolute Gasteiger partial charge is 0.339 e. The van der Waals surface area contributed by atoms with Gasteiger partial charge >= 0.3 is 5.97 Å². The normalized spacial score (nSPS) is 12.1. The lowest BCUT2D eigenvalue weighted by molar-refractivity contribution is -0.119. The van der Waals surface area contributed by atoms with Crippen LogP contribution in [0.1, 0.15) is 42.2 Å². The van der Waals surface area contributed by atoms with E-state index in [0.717, 1.165) is 12.1 Å². The van der Waals surface area contributed by atoms with Crippen molar-refractivity contribution in [2.24, 2.45) is 0 Å². The highest BCUT2D eigenvalue weighted by atomic mass is 79.9. The summed E-state index contributed by atoms with van der Waals surface area (Å²) in [5.74, 6) is -2.74. The molecule has 154 valence electrons. The first kappa shape index (κ1) is 20.6. The Morgan fingerprint density at radius 2 is 1.58 bits per heavy atom. The molecule has 8 heteroatoms. The van der Waals surface area contributed by atoms with Gasteiger partial charge in [-0.2, -0.15) is 0 Å². The average Bonchev–Trinajstić information content (AvgIpc) is 2.76. The lowest BCUT2D eigenvalue weighted by Gasteiger charge is -2.20. The average molecular weight is 482 g/mol. The van der Waals surface area contributed by atoms with Gasteiger partial charge in [0.2, 0.25) is 0 Å². The summed E-state index contributed by atoms with van der Waals surface area (Å²) in [7, 11) is 0. The van der Waals surface area contributed by atoms with Crippen LogP contribution in [0.25, 0.3) is 0 Å². The highest BCUT2D eigenvalue weighted by Crippen LogP contribution is 2.31. The standard InChI is InChI=1S/C23H13BrFNO5/c24-17-10-12(25)8-9-15(17)23(30)31-11-19(27)26-18-7-3-6-16-20(18)22(29)14-5-2-1-4-13(14)21(16)28/h1-10H,11H2,(H,26,27). The number of rotatable bonds is 4. The van der Waals surface area contributed by atoms with Crippen molar-refractivity contribution in [1.82, 2.24) is 0 Å². The Morgan fingerprint density at radius 1 is 0.903 bits per heavy atom. The van der Waals surface area contributed by atoms with Crippen LogP contribution in [0.15, 0.2) is 65.1 Å². The summed E-state index contributed by atoms with van der Waals surface area (Å²) in [5.41, 5.74) is 1.05. The van der Waals surface area contributed by atoms with Gasteiger partial charge in [0.05, 0.1) is 16.8 Å². The third-order valence-corrected chi connectivity index (χ3v) is 5.37. The Kier molecular flexibility index (Phi) is 5.48. The molecule has 0 heterocycles. The molecule has 3 aromatic rings. The minimum Gasteiger partial charge on any atom is -0.452 e. The molecule has 0 saturated heterocycles. The van der Waals surface area contributed by atoms with E-state index in [9.17, 15) is 23.6 Å². The lowest BCUT2D eigenvalue weighted by atomic mass is 9.83. The largest absolute Gasteiger partial charge is 0.452 e. The molecule has 0 aliphatic heterocycles. The Bertz CT molecular complexity index is 1270. The van der Waals surface area contributed by atoms with Crippen molar-refractivity contribution in [2.75, 3.05) is 11.9 Å². The molecule has 0 atom stereocenters. The lowest BCUT2D eigenvalue weighted by Crippen LogP contribution is -2.26. The second-order valence-corrected chi connectivity index (χ2v) is 7.53. The SMILES string of the molecule is O=C(COC(=O)c1ccc(F)cc1Br)Nc1cccc2c1C(=O)c1ccccc1C2=O. The molecule has 0 unspecified atom stereocenters. The molecule has 0 fully saturated rings. The second-order valence-electron chi connectivity index (χ2n) is 6.68. The van der Waals surface area contributed by atoms with E-state index in [1.165, 1.54) is 18.2 Å². The van der Waals surface area contributed by atoms with Crippen molar-refractivity contribution < 1.29 is 28.3 Å². The van der Waals surface area contributed by atoms with E-state index in [1.54, 1.807) is 30.3 Å². The number of carbonyl (C=O) groups is 4. The third-order valence-electron chi connectivity index (χ3n) is 4.71. The number of nitrogens with one attached hydrogen (secondary N) is 1. The van der Waals surface area contributed by atoms with Crippen LogP contribution in [-0.4, -0.2) is 30.0 Å². The summed E-state index contributed by atoms with van der Waals surface area (Å²) in [6.07, 6.45) is 0. The maximum Gasteiger partial charge on any atom is 0.339 e. The molecular formula is C23H13BrFNO5. The van der Waals surface area contributed by atoms with Gasteiger partial charge in [-0.1, -0.05) is 36.4 Å². The number of ketones is 2. The van der Waals surface area contributed by atoms with Gasteiger partial charge in [-0.05, 0) is 40.2 Å². The fourth-order valence-electron chi connectivity index (χ4n) is 3.30. The van der Waals surface area contributed by atoms with E-state index in [1.807, 2.05) is 0 Å². The number of amides is 1. The summed E-state index contributed by atoms with van der Waals surface area (Å²) in [6.45, 7) is -0.634. The minimum absolute atomic E-state index is 0.0590. The summed E-state index contributed by atoms with van der Waals surface area (Å²) in [4.78, 5) is 50.2. The first-order chi connectivity index (χ1) is 14.9. The highest BCUT2D eigenvalue weighted by Gasteiger charge is 2.31. The van der Waals surface area contributed by atoms with Crippen LogP contribution in [0, 0.1) is 5.82 Å². The Labute approximate surface area is 184 Å². The van der Waals surface area contributed by atoms with Crippen LogP contribution in [0.2, 0.25) is 0 Å². The number of carbonyl (C=O) groups excluding carboxylic acids is 4. The van der Waals surface area contributed by atoms with Crippen molar-refractivity contribution in [1.29, 1.82) is 0 Å². The van der Waals surface area contributed by atoms with Crippen molar-refractivity contribution >= 4 is 45.1 Å². The van der Waals surface area contributed by atoms with Crippen molar-refractivity contribution in [3.8, 4) is 0 Å². The van der Waals surface area contributed by atoms with E-state index in [2.05, 4.69) is 21.2 Å². The number of hydrogen-bond acceptors (Lipinski definition) is 5. The molecule has 0 saturated carbocycles. The number of anilines is 1. The minimum atomic E-state index is -0.822. The molecule has 1 amide bonds. The van der Waals surface area contributed by atoms with Gasteiger partial charge in [-0.25, -0.2) is 9.18 Å². The quantitative estimate of drug-likeness (QED) is 0.442. The molecule has 0 spiro atoms. The first-order valence-corrected chi connectivity index (χ1v) is 9.89. The summed E-state index contributed by atoms with van der Waals surface area (Å²) < 4.78 is 18.3. The zero-order chi connectivity index (χ0) is 22.1. The molecule has 4 rings (SSSR count). The topological polar surface area (TPSA) is 89.5 Å². The van der Waals surface area contributed by atoms with E-state index < -0.39 is 24.3 Å². The van der Waals surface area contributed by atoms with Crippen LogP contribution < -0.4 is 5.32 Å². The summed E-state index contributed by atoms with van der Waals surface area (Å²) in [6, 6.07) is 14.5. The highest BCUT2D eigenvalue weighted by molar-refractivity contribution is 9.10. The van der Waals surface area contributed by atoms with Gasteiger partial charge < -0.3 is 10.1 Å². The molecule has 0 radical (unpaired) electrons. The number of fused-ring (bicyclic) bond motifs is 2. The van der Waals surface area contributed by atoms with Crippen LogP contribution in [0.5, 0.6) is 0 Å². The molecule has 1 aliphatic rings. The van der Waals surface area contributed by atoms with Crippen molar-refractivity contribution in [2.45, 2.75) is 0 Å². The van der Waals surface area contributed by atoms with Gasteiger partial charge in [0.15, 0.2) is 18.2 Å². The van der Waals surface area contributed by atoms with Gasteiger partial charge in [0.25, 0.3) is 5.91 Å². The number of hydrogen-bond donors (Lipinski definition) is 1. The fraction of sp³-hybridized carbons (Fsp3) is 0.0435. The molecule has 0 bridgehead atoms. The second kappa shape index (κ2) is 8.23. The Hall–Kier alpha value is -3.65. The number of benzene rings is 3. The predicted octanol–water partition coefficient (Wildman–Crippen LogP) is 4.16. The monoisotopic (exact) mass is 481 g/mol. The van der Waals surface area contributed by atoms with Gasteiger partial charge in [0, 0.05) is 21.2 Å². The van der Waals surface area contributed by atoms with Crippen molar-refractivity contribution in [3.05, 3.63) is 98.8 Å². The summed E-state index contributed by atoms with van der Waals surface area (Å²) >= 11 is 3.06. The van der Waals surface area contributed by atoms with Crippen molar-refractivity contribution in [3.63, 3.8) is 0 Å². The molecule has 1 N–H and O–H groups in total. The maximum absolute atomic E-state index is 13.2. The number of halogens is 2. The van der Waals surface area contributed by atoms with Crippen LogP contribution in [0.3, 0.4) is 0 Å². The number of esters is 1. The molecule has 31 heavy (non-hydrogen) atoms. The predicted molar refractivity (Wildman–Crippen MR) is 113 cm³/mol. The van der Waals surface area contributed by atoms with E-state index >= 15 is 0 Å². The number of ether oxygens (including phenoxy) is 1. The molecule has 3 aromatic carbocycles. The zero-order valence-corrected chi connectivity index (χ0v) is 17.4. The molecule has 6 nitrogen and oxygen atoms in total. The fourth-order valence-corrected chi connectivity index (χ4v) is 3.81. The maximum atomic E-state index is 13.2. The van der Waals surface area contributed by atoms with Crippen LogP contribution in [0.4, 0.5) is 10.1 Å². The van der Waals surface area contributed by atoms with Crippen LogP contribution in [-0.2, 0) is 9.53 Å². The van der Waals surface area contributed by atoms with Gasteiger partial charge in [0.1, 0.15) is 5.82 Å². The first-order valence-electron chi connectivity index (χ1n) is 9.10.